The molecule has 0 aliphatic heterocycles. The third-order valence-electron chi connectivity index (χ3n) is 11.8. The molecule has 0 radical (unpaired) electrons. The lowest BCUT2D eigenvalue weighted by molar-refractivity contribution is 0.670. The van der Waals surface area contributed by atoms with Crippen molar-refractivity contribution in [2.24, 2.45) is 0 Å². The summed E-state index contributed by atoms with van der Waals surface area (Å²) in [6.45, 7) is 0. The SMILES string of the molecule is c1ccc(-c2ccc3c(c2)c2ccccc2c2c4ccc(-c5cccc6c(-c7cccc8c7oc7ccccc78)cccc56)cc4c4ccccc4c32)cc1. The van der Waals surface area contributed by atoms with Crippen molar-refractivity contribution in [1.82, 2.24) is 0 Å². The highest BCUT2D eigenvalue weighted by molar-refractivity contribution is 6.39. The zero-order chi connectivity index (χ0) is 36.0. The quantitative estimate of drug-likeness (QED) is 0.168. The van der Waals surface area contributed by atoms with Crippen molar-refractivity contribution in [3.05, 3.63) is 194 Å². The maximum atomic E-state index is 6.51. The Morgan fingerprint density at radius 1 is 0.236 bits per heavy atom. The van der Waals surface area contributed by atoms with E-state index in [2.05, 4.69) is 188 Å². The van der Waals surface area contributed by atoms with Crippen molar-refractivity contribution >= 4 is 86.6 Å². The van der Waals surface area contributed by atoms with Gasteiger partial charge in [-0.05, 0) is 111 Å². The minimum atomic E-state index is 0.916. The van der Waals surface area contributed by atoms with E-state index < -0.39 is 0 Å². The molecule has 0 aliphatic rings. The highest BCUT2D eigenvalue weighted by Gasteiger charge is 2.19. The first kappa shape index (κ1) is 30.3. The van der Waals surface area contributed by atoms with Crippen LogP contribution in [0.25, 0.3) is 120 Å². The molecule has 0 spiro atoms. The van der Waals surface area contributed by atoms with E-state index in [4.69, 9.17) is 4.42 Å². The van der Waals surface area contributed by atoms with Gasteiger partial charge in [0, 0.05) is 16.3 Å². The van der Waals surface area contributed by atoms with Gasteiger partial charge in [-0.1, -0.05) is 176 Å². The van der Waals surface area contributed by atoms with Crippen molar-refractivity contribution in [3.8, 4) is 33.4 Å². The Morgan fingerprint density at radius 3 is 1.40 bits per heavy atom. The summed E-state index contributed by atoms with van der Waals surface area (Å²) in [6, 6.07) is 71.0. The molecule has 1 nitrogen and oxygen atoms in total. The number of para-hydroxylation sites is 2. The van der Waals surface area contributed by atoms with Crippen molar-refractivity contribution < 1.29 is 4.42 Å². The van der Waals surface area contributed by atoms with Gasteiger partial charge in [-0.2, -0.15) is 0 Å². The average Bonchev–Trinajstić information content (AvgIpc) is 3.65. The summed E-state index contributed by atoms with van der Waals surface area (Å²) in [5.41, 5.74) is 9.04. The lowest BCUT2D eigenvalue weighted by Crippen LogP contribution is -1.90. The second kappa shape index (κ2) is 11.6. The minimum Gasteiger partial charge on any atom is -0.455 e. The molecule has 0 amide bonds. The summed E-state index contributed by atoms with van der Waals surface area (Å²) in [6.07, 6.45) is 0. The van der Waals surface area contributed by atoms with Crippen LogP contribution in [0.3, 0.4) is 0 Å². The summed E-state index contributed by atoms with van der Waals surface area (Å²) in [5, 5.41) is 17.6. The normalized spacial score (nSPS) is 12.0. The number of rotatable bonds is 3. The van der Waals surface area contributed by atoms with Gasteiger partial charge in [-0.25, -0.2) is 0 Å². The maximum absolute atomic E-state index is 6.51. The van der Waals surface area contributed by atoms with E-state index in [-0.39, 0.29) is 0 Å². The number of furan rings is 1. The highest BCUT2D eigenvalue weighted by atomic mass is 16.3. The van der Waals surface area contributed by atoms with Crippen LogP contribution >= 0.6 is 0 Å². The van der Waals surface area contributed by atoms with Crippen LogP contribution in [-0.2, 0) is 0 Å². The summed E-state index contributed by atoms with van der Waals surface area (Å²) >= 11 is 0. The fraction of sp³-hybridized carbons (Fsp3) is 0. The molecule has 0 fully saturated rings. The predicted octanol–water partition coefficient (Wildman–Crippen LogP) is 15.5. The molecule has 1 aromatic heterocycles. The maximum Gasteiger partial charge on any atom is 0.143 e. The Morgan fingerprint density at radius 2 is 0.709 bits per heavy atom. The fourth-order valence-corrected chi connectivity index (χ4v) is 9.40. The summed E-state index contributed by atoms with van der Waals surface area (Å²) in [4.78, 5) is 0. The molecule has 254 valence electrons. The van der Waals surface area contributed by atoms with Crippen LogP contribution in [0.2, 0.25) is 0 Å². The smallest absolute Gasteiger partial charge is 0.143 e. The third-order valence-corrected chi connectivity index (χ3v) is 11.8. The lowest BCUT2D eigenvalue weighted by Gasteiger charge is -2.18. The van der Waals surface area contributed by atoms with E-state index in [1.165, 1.54) is 92.5 Å². The Bertz CT molecular complexity index is 3530. The van der Waals surface area contributed by atoms with E-state index in [0.717, 1.165) is 27.5 Å². The average molecular weight is 697 g/mol. The van der Waals surface area contributed by atoms with Gasteiger partial charge in [0.1, 0.15) is 11.2 Å². The molecular weight excluding hydrogens is 665 g/mol. The van der Waals surface area contributed by atoms with Crippen LogP contribution < -0.4 is 0 Å². The summed E-state index contributed by atoms with van der Waals surface area (Å²) in [5.74, 6) is 0. The van der Waals surface area contributed by atoms with Crippen LogP contribution in [0.15, 0.2) is 199 Å². The standard InChI is InChI=1S/C54H32O/c1-2-13-33(14-3-1)34-27-29-45-49(31-34)40-15-4-6-18-43(40)53-46-30-28-35(32-50(46)41-16-5-7-19-44(41)52(45)53)36-20-10-22-38-37(36)21-11-23-39(38)47-24-12-25-48-42-17-8-9-26-51(42)55-54(47)48/h1-32H. The largest absolute Gasteiger partial charge is 0.455 e. The first-order valence-corrected chi connectivity index (χ1v) is 19.0. The van der Waals surface area contributed by atoms with Crippen molar-refractivity contribution in [2.75, 3.05) is 0 Å². The van der Waals surface area contributed by atoms with E-state index in [1.54, 1.807) is 0 Å². The first-order valence-electron chi connectivity index (χ1n) is 19.0. The van der Waals surface area contributed by atoms with Gasteiger partial charge >= 0.3 is 0 Å². The van der Waals surface area contributed by atoms with Crippen LogP contribution in [0.5, 0.6) is 0 Å². The Kier molecular flexibility index (Phi) is 6.40. The van der Waals surface area contributed by atoms with Gasteiger partial charge in [0.2, 0.25) is 0 Å². The second-order valence-corrected chi connectivity index (χ2v) is 14.7. The van der Waals surface area contributed by atoms with Crippen LogP contribution in [0, 0.1) is 0 Å². The summed E-state index contributed by atoms with van der Waals surface area (Å²) in [7, 11) is 0. The molecule has 0 atom stereocenters. The van der Waals surface area contributed by atoms with Gasteiger partial charge < -0.3 is 4.42 Å². The predicted molar refractivity (Wildman–Crippen MR) is 235 cm³/mol. The van der Waals surface area contributed by atoms with E-state index >= 15 is 0 Å². The van der Waals surface area contributed by atoms with Crippen LogP contribution in [0.4, 0.5) is 0 Å². The minimum absolute atomic E-state index is 0.916. The van der Waals surface area contributed by atoms with E-state index in [9.17, 15) is 0 Å². The van der Waals surface area contributed by atoms with Crippen molar-refractivity contribution in [3.63, 3.8) is 0 Å². The topological polar surface area (TPSA) is 13.1 Å². The molecule has 0 aliphatic carbocycles. The zero-order valence-electron chi connectivity index (χ0n) is 29.9. The molecule has 0 saturated heterocycles. The van der Waals surface area contributed by atoms with Crippen molar-refractivity contribution in [1.29, 1.82) is 0 Å². The third kappa shape index (κ3) is 4.41. The monoisotopic (exact) mass is 696 g/mol. The van der Waals surface area contributed by atoms with Gasteiger partial charge in [0.15, 0.2) is 0 Å². The number of fused-ring (bicyclic) bond motifs is 15. The number of benzene rings is 11. The van der Waals surface area contributed by atoms with Crippen LogP contribution in [0.1, 0.15) is 0 Å². The molecule has 12 aromatic rings. The molecule has 1 heteroatoms. The Hall–Kier alpha value is -7.22. The molecule has 1 heterocycles. The fourth-order valence-electron chi connectivity index (χ4n) is 9.40. The molecular formula is C54H32O. The molecule has 0 unspecified atom stereocenters. The number of hydrogen-bond acceptors (Lipinski definition) is 1. The second-order valence-electron chi connectivity index (χ2n) is 14.7. The molecule has 12 rings (SSSR count). The first-order chi connectivity index (χ1) is 27.3. The highest BCUT2D eigenvalue weighted by Crippen LogP contribution is 2.46. The zero-order valence-corrected chi connectivity index (χ0v) is 29.9. The van der Waals surface area contributed by atoms with Gasteiger partial charge in [-0.3, -0.25) is 0 Å². The van der Waals surface area contributed by atoms with Gasteiger partial charge in [-0.15, -0.1) is 0 Å². The van der Waals surface area contributed by atoms with Gasteiger partial charge in [0.05, 0.1) is 0 Å². The molecule has 0 saturated carbocycles. The summed E-state index contributed by atoms with van der Waals surface area (Å²) < 4.78 is 6.51. The lowest BCUT2D eigenvalue weighted by atomic mass is 9.85. The Balaban J connectivity index is 1.11. The van der Waals surface area contributed by atoms with E-state index in [0.29, 0.717) is 0 Å². The Labute approximate surface area is 317 Å². The van der Waals surface area contributed by atoms with Gasteiger partial charge in [0.25, 0.3) is 0 Å². The molecule has 0 bridgehead atoms. The van der Waals surface area contributed by atoms with Crippen molar-refractivity contribution in [2.45, 2.75) is 0 Å². The molecule has 11 aromatic carbocycles. The number of hydrogen-bond donors (Lipinski definition) is 0. The van der Waals surface area contributed by atoms with E-state index in [1.807, 2.05) is 6.07 Å². The van der Waals surface area contributed by atoms with Crippen LogP contribution in [-0.4, -0.2) is 0 Å². The molecule has 0 N–H and O–H groups in total. The molecule has 55 heavy (non-hydrogen) atoms.